The van der Waals surface area contributed by atoms with Gasteiger partial charge in [0.2, 0.25) is 0 Å². The van der Waals surface area contributed by atoms with Crippen molar-refractivity contribution in [1.82, 2.24) is 10.6 Å². The van der Waals surface area contributed by atoms with Gasteiger partial charge >= 0.3 is 225 Å². The molecule has 9 heteroatoms. The van der Waals surface area contributed by atoms with Gasteiger partial charge in [0, 0.05) is 12.0 Å². The standard InChI is InChI=1S/C43H49IN5OP.ClH/c44-51(38-21-11-6-12-22-38,39-23-13-7-14-24-39,40-25-15-8-16-26-40)34-18-4-2-1-3-17-33-50-37-29-27-36(28-30-37)41-47-42(45)49-43(48-41)46-32-31-35-19-9-5-10-20-35;/h5-16,19-30,41H,1-4,17-18,31-34H2,(H4,45,46,47,48,49);1H. The normalized spacial score (nSPS) is 15.6. The molecule has 0 aliphatic carbocycles. The van der Waals surface area contributed by atoms with Crippen molar-refractivity contribution >= 4 is 54.1 Å². The van der Waals surface area contributed by atoms with Crippen LogP contribution in [0, 0.1) is 0 Å². The van der Waals surface area contributed by atoms with Crippen LogP contribution < -0.4 is 54.4 Å². The molecule has 0 spiro atoms. The zero-order chi connectivity index (χ0) is 35.2. The number of aliphatic imine (C=N–C) groups is 1. The quantitative estimate of drug-likeness (QED) is 0.0657. The molecule has 52 heavy (non-hydrogen) atoms. The molecule has 0 fully saturated rings. The Hall–Kier alpha value is -3.91. The number of unbranched alkanes of at least 4 members (excludes halogenated alkanes) is 5. The van der Waals surface area contributed by atoms with Crippen LogP contribution in [0.1, 0.15) is 55.8 Å². The van der Waals surface area contributed by atoms with Gasteiger partial charge in [-0.15, -0.1) is 0 Å². The molecule has 5 aromatic rings. The van der Waals surface area contributed by atoms with E-state index >= 15 is 0 Å². The molecule has 1 unspecified atom stereocenters. The number of nitrogens with zero attached hydrogens (tertiary/aromatic N) is 1. The Kier molecular flexibility index (Phi) is 14.5. The van der Waals surface area contributed by atoms with Crippen molar-refractivity contribution in [3.8, 4) is 5.75 Å². The second kappa shape index (κ2) is 19.2. The molecule has 6 rings (SSSR count). The third kappa shape index (κ3) is 9.74. The Labute approximate surface area is 328 Å². The Morgan fingerprint density at radius 3 is 1.71 bits per heavy atom. The van der Waals surface area contributed by atoms with Crippen LogP contribution in [0.25, 0.3) is 0 Å². The van der Waals surface area contributed by atoms with Gasteiger partial charge in [-0.3, -0.25) is 10.3 Å². The van der Waals surface area contributed by atoms with Crippen LogP contribution in [-0.4, -0.2) is 31.2 Å². The van der Waals surface area contributed by atoms with E-state index in [0.29, 0.717) is 5.96 Å². The Balaban J connectivity index is 0.00000523. The second-order valence-corrected chi connectivity index (χ2v) is 23.9. The molecule has 5 N–H and O–H groups in total. The number of hydrogen-bond donors (Lipinski definition) is 4. The molecule has 0 amide bonds. The molecular weight excluding hydrogens is 796 g/mol. The number of hydrogen-bond acceptors (Lipinski definition) is 3. The molecule has 1 aliphatic heterocycles. The van der Waals surface area contributed by atoms with Gasteiger partial charge in [-0.2, -0.15) is 4.99 Å². The molecule has 0 radical (unpaired) electrons. The van der Waals surface area contributed by atoms with Gasteiger partial charge in [0.1, 0.15) is 0 Å². The summed E-state index contributed by atoms with van der Waals surface area (Å²) in [6, 6.07) is 52.3. The van der Waals surface area contributed by atoms with E-state index in [-0.39, 0.29) is 18.6 Å². The van der Waals surface area contributed by atoms with Crippen molar-refractivity contribution in [1.29, 1.82) is 0 Å². The molecule has 0 bridgehead atoms. The number of rotatable bonds is 17. The van der Waals surface area contributed by atoms with Crippen LogP contribution in [0.4, 0.5) is 0 Å². The van der Waals surface area contributed by atoms with E-state index in [1.54, 1.807) is 0 Å². The Bertz CT molecular complexity index is 1760. The summed E-state index contributed by atoms with van der Waals surface area (Å²) in [6.45, 7) is 1.50. The van der Waals surface area contributed by atoms with Crippen molar-refractivity contribution in [2.24, 2.45) is 10.7 Å². The molecule has 1 aliphatic rings. The molecule has 6 nitrogen and oxygen atoms in total. The van der Waals surface area contributed by atoms with Gasteiger partial charge < -0.3 is 18.1 Å². The topological polar surface area (TPSA) is 85.6 Å². The van der Waals surface area contributed by atoms with Crippen LogP contribution in [0.2, 0.25) is 0 Å². The minimum Gasteiger partial charge on any atom is -1.00 e. The fraction of sp³-hybridized carbons (Fsp3) is 0.256. The summed E-state index contributed by atoms with van der Waals surface area (Å²) in [7, 11) is 0. The summed E-state index contributed by atoms with van der Waals surface area (Å²) in [4.78, 5) is 7.96. The monoisotopic (exact) mass is 845 g/mol. The fourth-order valence-electron chi connectivity index (χ4n) is 6.94. The minimum atomic E-state index is -2.67. The fourth-order valence-corrected chi connectivity index (χ4v) is 15.7. The van der Waals surface area contributed by atoms with Gasteiger partial charge in [0.05, 0.1) is 6.54 Å². The van der Waals surface area contributed by atoms with Gasteiger partial charge in [0.25, 0.3) is 5.96 Å². The van der Waals surface area contributed by atoms with Crippen LogP contribution in [-0.2, 0) is 6.42 Å². The first-order valence-corrected chi connectivity index (χ1v) is 23.4. The van der Waals surface area contributed by atoms with Gasteiger partial charge in [0.15, 0.2) is 6.17 Å². The average Bonchev–Trinajstić information content (AvgIpc) is 3.19. The van der Waals surface area contributed by atoms with Crippen LogP contribution in [0.5, 0.6) is 5.75 Å². The zero-order valence-electron chi connectivity index (χ0n) is 29.6. The van der Waals surface area contributed by atoms with E-state index in [1.807, 2.05) is 18.2 Å². The molecule has 1 atom stereocenters. The molecule has 272 valence electrons. The number of nitrogens with two attached hydrogens (primary N) is 1. The summed E-state index contributed by atoms with van der Waals surface area (Å²) < 4.78 is 3.44. The van der Waals surface area contributed by atoms with Crippen molar-refractivity contribution < 1.29 is 22.1 Å². The van der Waals surface area contributed by atoms with Crippen molar-refractivity contribution in [2.75, 3.05) is 19.3 Å². The zero-order valence-corrected chi connectivity index (χ0v) is 33.4. The Morgan fingerprint density at radius 1 is 0.654 bits per heavy atom. The van der Waals surface area contributed by atoms with E-state index in [2.05, 4.69) is 170 Å². The SMILES string of the molecule is NC1=NC(c2ccc(OCCCCCCCCP(I)(c3ccccc3)(c3ccccc3)c3ccccc3)cc2)NC(=[NH+]CCc2ccccc2)N1.[Cl-]. The first kappa shape index (κ1) is 39.3. The molecule has 0 saturated heterocycles. The van der Waals surface area contributed by atoms with Crippen molar-refractivity contribution in [3.05, 3.63) is 157 Å². The summed E-state index contributed by atoms with van der Waals surface area (Å²) in [5.74, 6) is 2.04. The minimum absolute atomic E-state index is 0. The molecule has 0 saturated carbocycles. The van der Waals surface area contributed by atoms with Crippen LogP contribution in [0.3, 0.4) is 0 Å². The third-order valence-corrected chi connectivity index (χ3v) is 21.4. The number of benzene rings is 5. The first-order valence-electron chi connectivity index (χ1n) is 18.2. The second-order valence-electron chi connectivity index (χ2n) is 13.2. The summed E-state index contributed by atoms with van der Waals surface area (Å²) in [6.07, 6.45) is 8.94. The summed E-state index contributed by atoms with van der Waals surface area (Å²) in [5.41, 5.74) is 8.43. The number of guanidine groups is 2. The van der Waals surface area contributed by atoms with Gasteiger partial charge in [-0.1, -0.05) is 30.3 Å². The van der Waals surface area contributed by atoms with Crippen molar-refractivity contribution in [2.45, 2.75) is 51.1 Å². The Morgan fingerprint density at radius 2 is 1.15 bits per heavy atom. The van der Waals surface area contributed by atoms with E-state index in [0.717, 1.165) is 49.4 Å². The first-order chi connectivity index (χ1) is 25.0. The number of halogens is 2. The van der Waals surface area contributed by atoms with Crippen LogP contribution >= 0.6 is 26.3 Å². The number of ether oxygens (including phenoxy) is 1. The maximum absolute atomic E-state index is 6.11. The van der Waals surface area contributed by atoms with E-state index in [4.69, 9.17) is 10.5 Å². The average molecular weight is 846 g/mol. The van der Waals surface area contributed by atoms with Gasteiger partial charge in [-0.05, 0) is 5.56 Å². The van der Waals surface area contributed by atoms with E-state index < -0.39 is 4.25 Å². The van der Waals surface area contributed by atoms with Crippen molar-refractivity contribution in [3.63, 3.8) is 0 Å². The molecule has 5 aromatic carbocycles. The molecule has 1 heterocycles. The van der Waals surface area contributed by atoms with E-state index in [1.165, 1.54) is 53.6 Å². The smallest absolute Gasteiger partial charge is 1.00 e. The number of nitrogens with one attached hydrogen (secondary N) is 3. The van der Waals surface area contributed by atoms with Crippen LogP contribution in [0.15, 0.2) is 151 Å². The summed E-state index contributed by atoms with van der Waals surface area (Å²) in [5, 5.41) is 10.9. The van der Waals surface area contributed by atoms with E-state index in [9.17, 15) is 0 Å². The molecule has 0 aromatic heterocycles. The van der Waals surface area contributed by atoms with Gasteiger partial charge in [-0.25, -0.2) is 5.32 Å². The summed E-state index contributed by atoms with van der Waals surface area (Å²) >= 11 is 2.91. The predicted molar refractivity (Wildman–Crippen MR) is 225 cm³/mol. The third-order valence-electron chi connectivity index (χ3n) is 9.68. The molecular formula is C43H50ClIN5OP. The maximum atomic E-state index is 6.11. The predicted octanol–water partition coefficient (Wildman–Crippen LogP) is 3.48.